The van der Waals surface area contributed by atoms with Crippen LogP contribution in [0, 0.1) is 24.5 Å². The largest absolute Gasteiger partial charge is 0.494 e. The van der Waals surface area contributed by atoms with Crippen LogP contribution in [0.15, 0.2) is 59.2 Å². The maximum atomic E-state index is 15.3. The minimum Gasteiger partial charge on any atom is -0.494 e. The summed E-state index contributed by atoms with van der Waals surface area (Å²) in [5, 5.41) is 10.5. The van der Waals surface area contributed by atoms with Gasteiger partial charge in [0.1, 0.15) is 30.3 Å². The molecule has 2 atom stereocenters. The average molecular weight is 1030 g/mol. The number of carbonyl (C=O) groups excluding carboxylic acids is 3. The van der Waals surface area contributed by atoms with E-state index >= 15 is 8.78 Å². The van der Waals surface area contributed by atoms with Crippen LogP contribution in [0.3, 0.4) is 0 Å². The van der Waals surface area contributed by atoms with Crippen LogP contribution >= 0.6 is 23.1 Å². The molecular formula is C50H58BrF2N10O5P. The smallest absolute Gasteiger partial charge is 0.234 e. The molecule has 19 heteroatoms. The number of amides is 3. The van der Waals surface area contributed by atoms with Gasteiger partial charge in [0.05, 0.1) is 40.3 Å². The summed E-state index contributed by atoms with van der Waals surface area (Å²) in [6.07, 6.45) is 5.11. The van der Waals surface area contributed by atoms with Crippen molar-refractivity contribution in [2.45, 2.75) is 64.3 Å². The summed E-state index contributed by atoms with van der Waals surface area (Å²) in [7, 11) is -1.11. The number of ether oxygens (including phenoxy) is 1. The summed E-state index contributed by atoms with van der Waals surface area (Å²) in [5.74, 6) is -2.52. The third-order valence-corrected chi connectivity index (χ3v) is 16.2. The van der Waals surface area contributed by atoms with E-state index in [4.69, 9.17) is 14.7 Å². The average Bonchev–Trinajstić information content (AvgIpc) is 3.83. The molecule has 4 fully saturated rings. The number of hydrogen-bond donors (Lipinski definition) is 3. The lowest BCUT2D eigenvalue weighted by Crippen LogP contribution is -2.55. The van der Waals surface area contributed by atoms with Gasteiger partial charge < -0.3 is 34.6 Å². The first kappa shape index (κ1) is 48.3. The number of fused-ring (bicyclic) bond motifs is 1. The van der Waals surface area contributed by atoms with Crippen molar-refractivity contribution in [3.05, 3.63) is 87.7 Å². The first-order chi connectivity index (χ1) is 33.1. The standard InChI is InChI=1S/C50H58BrF2N10O5P/c1-6-31-7-8-34-39(55-31)10-11-40(46(34)69(4,5)67)56-47-36(51)27-54-50(59-47)57-41-23-29(2)42(26-43(41)68-3)61-17-14-32(15-18-61)60-19-21-62(22-20-60)49(66)30-13-16-63(28-30)33-24-37(52)45(38(53)25-33)35-9-12-44(64)58-48(35)65/h7-8,10-11,23-27,30,32,35H,6,9,12-22,28H2,1-5H3,(H,58,64,65)(H2,54,56,57,59). The number of piperazine rings is 1. The number of pyridine rings is 1. The van der Waals surface area contributed by atoms with Crippen LogP contribution in [0.4, 0.5) is 43.3 Å². The summed E-state index contributed by atoms with van der Waals surface area (Å²) in [4.78, 5) is 60.5. The van der Waals surface area contributed by atoms with Gasteiger partial charge in [0, 0.05) is 110 Å². The van der Waals surface area contributed by atoms with E-state index in [0.29, 0.717) is 77.3 Å². The first-order valence-corrected chi connectivity index (χ1v) is 27.1. The Morgan fingerprint density at radius 3 is 2.30 bits per heavy atom. The van der Waals surface area contributed by atoms with Crippen LogP contribution in [-0.2, 0) is 25.4 Å². The summed E-state index contributed by atoms with van der Waals surface area (Å²) in [6, 6.07) is 14.8. The van der Waals surface area contributed by atoms with Crippen LogP contribution in [0.1, 0.15) is 61.8 Å². The highest BCUT2D eigenvalue weighted by atomic mass is 79.9. The quantitative estimate of drug-likeness (QED) is 0.0819. The van der Waals surface area contributed by atoms with Crippen LogP contribution in [0.5, 0.6) is 5.75 Å². The minimum absolute atomic E-state index is 0.0261. The van der Waals surface area contributed by atoms with Crippen molar-refractivity contribution in [3.8, 4) is 5.75 Å². The Hall–Kier alpha value is -5.71. The number of rotatable bonds is 12. The number of carbonyl (C=O) groups is 3. The van der Waals surface area contributed by atoms with E-state index in [9.17, 15) is 18.9 Å². The Kier molecular flexibility index (Phi) is 14.0. The monoisotopic (exact) mass is 1030 g/mol. The van der Waals surface area contributed by atoms with Crippen LogP contribution in [-0.4, -0.2) is 121 Å². The zero-order chi connectivity index (χ0) is 48.7. The van der Waals surface area contributed by atoms with Gasteiger partial charge in [-0.15, -0.1) is 0 Å². The number of nitrogens with one attached hydrogen (secondary N) is 3. The Morgan fingerprint density at radius 1 is 0.899 bits per heavy atom. The molecule has 15 nitrogen and oxygen atoms in total. The van der Waals surface area contributed by atoms with Gasteiger partial charge in [-0.2, -0.15) is 4.98 Å². The van der Waals surface area contributed by atoms with Gasteiger partial charge in [0.25, 0.3) is 0 Å². The molecule has 0 bridgehead atoms. The molecule has 3 amide bonds. The van der Waals surface area contributed by atoms with Gasteiger partial charge in [-0.25, -0.2) is 13.8 Å². The fourth-order valence-electron chi connectivity index (χ4n) is 10.4. The van der Waals surface area contributed by atoms with Gasteiger partial charge in [-0.3, -0.25) is 29.6 Å². The van der Waals surface area contributed by atoms with Crippen molar-refractivity contribution in [1.29, 1.82) is 0 Å². The van der Waals surface area contributed by atoms with Crippen LogP contribution < -0.4 is 35.8 Å². The normalized spacial score (nSPS) is 19.6. The molecule has 3 aromatic carbocycles. The zero-order valence-corrected chi connectivity index (χ0v) is 42.1. The number of piperidine rings is 2. The number of aryl methyl sites for hydroxylation is 2. The molecule has 364 valence electrons. The number of halogens is 3. The Balaban J connectivity index is 0.786. The number of hydrogen-bond acceptors (Lipinski definition) is 13. The lowest BCUT2D eigenvalue weighted by molar-refractivity contribution is -0.137. The highest BCUT2D eigenvalue weighted by Gasteiger charge is 2.37. The highest BCUT2D eigenvalue weighted by molar-refractivity contribution is 9.10. The molecule has 4 aliphatic rings. The predicted octanol–water partition coefficient (Wildman–Crippen LogP) is 7.84. The zero-order valence-electron chi connectivity index (χ0n) is 39.6. The SMILES string of the molecule is CCc1ccc2c(P(C)(C)=O)c(Nc3nc(Nc4cc(C)c(N5CCC(N6CCN(C(=O)C7CCN(c8cc(F)c(C9CCC(=O)NC9=O)c(F)c8)C7)CC6)CC5)cc4OC)ncc3Br)ccc2n1. The number of aromatic nitrogens is 3. The second kappa shape index (κ2) is 20.0. The van der Waals surface area contributed by atoms with E-state index in [0.717, 1.165) is 79.0 Å². The summed E-state index contributed by atoms with van der Waals surface area (Å²) < 4.78 is 50.9. The topological polar surface area (TPSA) is 165 Å². The van der Waals surface area contributed by atoms with Crippen molar-refractivity contribution in [1.82, 2.24) is 30.1 Å². The number of nitrogens with zero attached hydrogens (tertiary/aromatic N) is 7. The van der Waals surface area contributed by atoms with Crippen molar-refractivity contribution in [2.75, 3.05) is 93.2 Å². The van der Waals surface area contributed by atoms with Crippen molar-refractivity contribution < 1.29 is 32.5 Å². The number of imide groups is 1. The number of anilines is 6. The fourth-order valence-corrected chi connectivity index (χ4v) is 12.2. The molecule has 4 saturated heterocycles. The van der Waals surface area contributed by atoms with Gasteiger partial charge in [-0.1, -0.05) is 13.0 Å². The molecule has 5 aromatic rings. The third-order valence-electron chi connectivity index (χ3n) is 14.1. The third kappa shape index (κ3) is 10.2. The van der Waals surface area contributed by atoms with Crippen molar-refractivity contribution >= 4 is 91.5 Å². The maximum absolute atomic E-state index is 15.3. The molecule has 4 aliphatic heterocycles. The van der Waals surface area contributed by atoms with E-state index < -0.39 is 36.5 Å². The van der Waals surface area contributed by atoms with Gasteiger partial charge in [-0.05, 0) is 110 Å². The highest BCUT2D eigenvalue weighted by Crippen LogP contribution is 2.43. The Bertz CT molecular complexity index is 2850. The fraction of sp³-hybridized carbons (Fsp3) is 0.440. The van der Waals surface area contributed by atoms with Crippen molar-refractivity contribution in [2.24, 2.45) is 5.92 Å². The van der Waals surface area contributed by atoms with E-state index in [1.54, 1.807) is 26.6 Å². The van der Waals surface area contributed by atoms with E-state index in [2.05, 4.69) is 72.6 Å². The van der Waals surface area contributed by atoms with Gasteiger partial charge in [0.15, 0.2) is 0 Å². The van der Waals surface area contributed by atoms with E-state index in [-0.39, 0.29) is 30.2 Å². The second-order valence-corrected chi connectivity index (χ2v) is 22.9. The molecule has 2 unspecified atom stereocenters. The van der Waals surface area contributed by atoms with Gasteiger partial charge >= 0.3 is 0 Å². The Labute approximate surface area is 409 Å². The Morgan fingerprint density at radius 2 is 1.62 bits per heavy atom. The molecule has 0 radical (unpaired) electrons. The summed E-state index contributed by atoms with van der Waals surface area (Å²) >= 11 is 3.61. The molecule has 0 saturated carbocycles. The molecule has 2 aromatic heterocycles. The van der Waals surface area contributed by atoms with Crippen molar-refractivity contribution in [3.63, 3.8) is 0 Å². The summed E-state index contributed by atoms with van der Waals surface area (Å²) in [5.41, 5.74) is 5.38. The van der Waals surface area contributed by atoms with Crippen LogP contribution in [0.2, 0.25) is 0 Å². The van der Waals surface area contributed by atoms with Crippen LogP contribution in [0.25, 0.3) is 10.9 Å². The molecule has 6 heterocycles. The molecule has 9 rings (SSSR count). The summed E-state index contributed by atoms with van der Waals surface area (Å²) in [6.45, 7) is 13.1. The molecular weight excluding hydrogens is 969 g/mol. The van der Waals surface area contributed by atoms with E-state index in [1.165, 1.54) is 12.1 Å². The first-order valence-electron chi connectivity index (χ1n) is 23.7. The maximum Gasteiger partial charge on any atom is 0.234 e. The van der Waals surface area contributed by atoms with Gasteiger partial charge in [0.2, 0.25) is 23.7 Å². The number of benzene rings is 3. The molecule has 69 heavy (non-hydrogen) atoms. The predicted molar refractivity (Wildman–Crippen MR) is 269 cm³/mol. The lowest BCUT2D eigenvalue weighted by atomic mass is 9.89. The molecule has 0 spiro atoms. The molecule has 0 aliphatic carbocycles. The number of methoxy groups -OCH3 is 1. The minimum atomic E-state index is -2.75. The lowest BCUT2D eigenvalue weighted by Gasteiger charge is -2.44. The van der Waals surface area contributed by atoms with E-state index in [1.807, 2.05) is 34.1 Å². The molecule has 3 N–H and O–H groups in total. The second-order valence-electron chi connectivity index (χ2n) is 18.9.